The van der Waals surface area contributed by atoms with Gasteiger partial charge in [-0.1, -0.05) is 37.3 Å². The highest BCUT2D eigenvalue weighted by molar-refractivity contribution is 5.51. The molecule has 0 saturated carbocycles. The van der Waals surface area contributed by atoms with Crippen molar-refractivity contribution >= 4 is 5.69 Å². The zero-order valence-electron chi connectivity index (χ0n) is 12.5. The van der Waals surface area contributed by atoms with Crippen molar-refractivity contribution < 1.29 is 0 Å². The monoisotopic (exact) mass is 273 g/mol. The van der Waals surface area contributed by atoms with E-state index in [0.717, 1.165) is 25.3 Å². The molecule has 1 aromatic heterocycles. The van der Waals surface area contributed by atoms with Gasteiger partial charge >= 0.3 is 0 Å². The van der Waals surface area contributed by atoms with E-state index in [-0.39, 0.29) is 0 Å². The maximum Gasteiger partial charge on any atom is 0.102 e. The van der Waals surface area contributed by atoms with Crippen LogP contribution in [0.4, 0.5) is 5.69 Å². The second-order valence-electron chi connectivity index (χ2n) is 4.86. The number of anilines is 1. The SMILES string of the molecule is CCN(CC)Cc1ccccc1NCc1cn(C)nn1. The number of nitrogens with zero attached hydrogens (tertiary/aromatic N) is 4. The van der Waals surface area contributed by atoms with Gasteiger partial charge in [-0.15, -0.1) is 5.10 Å². The van der Waals surface area contributed by atoms with E-state index >= 15 is 0 Å². The molecule has 5 nitrogen and oxygen atoms in total. The summed E-state index contributed by atoms with van der Waals surface area (Å²) >= 11 is 0. The van der Waals surface area contributed by atoms with Gasteiger partial charge in [0.1, 0.15) is 5.69 Å². The number of aryl methyl sites for hydroxylation is 1. The molecule has 0 saturated heterocycles. The summed E-state index contributed by atoms with van der Waals surface area (Å²) in [4.78, 5) is 2.41. The third kappa shape index (κ3) is 3.81. The van der Waals surface area contributed by atoms with E-state index in [4.69, 9.17) is 0 Å². The van der Waals surface area contributed by atoms with Gasteiger partial charge in [-0.25, -0.2) is 0 Å². The summed E-state index contributed by atoms with van der Waals surface area (Å²) in [6.07, 6.45) is 1.93. The number of nitrogens with one attached hydrogen (secondary N) is 1. The number of para-hydroxylation sites is 1. The molecule has 0 bridgehead atoms. The zero-order valence-corrected chi connectivity index (χ0v) is 12.5. The Balaban J connectivity index is 2.03. The average Bonchev–Trinajstić information content (AvgIpc) is 2.89. The Bertz CT molecular complexity index is 531. The lowest BCUT2D eigenvalue weighted by Crippen LogP contribution is -2.22. The second kappa shape index (κ2) is 7.05. The first-order valence-electron chi connectivity index (χ1n) is 7.12. The molecule has 0 fully saturated rings. The fourth-order valence-electron chi connectivity index (χ4n) is 2.18. The molecule has 108 valence electrons. The van der Waals surface area contributed by atoms with Gasteiger partial charge in [-0.2, -0.15) is 0 Å². The van der Waals surface area contributed by atoms with E-state index < -0.39 is 0 Å². The fourth-order valence-corrected chi connectivity index (χ4v) is 2.18. The van der Waals surface area contributed by atoms with Crippen LogP contribution in [0.3, 0.4) is 0 Å². The minimum atomic E-state index is 0.698. The summed E-state index contributed by atoms with van der Waals surface area (Å²) in [5.74, 6) is 0. The molecule has 2 rings (SSSR count). The number of aromatic nitrogens is 3. The molecule has 0 aliphatic heterocycles. The van der Waals surface area contributed by atoms with Crippen LogP contribution in [0.5, 0.6) is 0 Å². The molecule has 0 atom stereocenters. The zero-order chi connectivity index (χ0) is 14.4. The lowest BCUT2D eigenvalue weighted by Gasteiger charge is -2.20. The molecule has 1 heterocycles. The van der Waals surface area contributed by atoms with Gasteiger partial charge in [-0.3, -0.25) is 9.58 Å². The molecule has 0 aliphatic rings. The van der Waals surface area contributed by atoms with Gasteiger partial charge < -0.3 is 5.32 Å². The number of hydrogen-bond donors (Lipinski definition) is 1. The maximum absolute atomic E-state index is 4.09. The molecular formula is C15H23N5. The fraction of sp³-hybridized carbons (Fsp3) is 0.467. The lowest BCUT2D eigenvalue weighted by molar-refractivity contribution is 0.296. The molecule has 0 aliphatic carbocycles. The summed E-state index contributed by atoms with van der Waals surface area (Å²) in [7, 11) is 1.88. The maximum atomic E-state index is 4.09. The van der Waals surface area contributed by atoms with E-state index in [0.29, 0.717) is 6.54 Å². The van der Waals surface area contributed by atoms with Crippen LogP contribution in [0.25, 0.3) is 0 Å². The lowest BCUT2D eigenvalue weighted by atomic mass is 10.1. The normalized spacial score (nSPS) is 11.0. The Kier molecular flexibility index (Phi) is 5.12. The average molecular weight is 273 g/mol. The van der Waals surface area contributed by atoms with E-state index in [9.17, 15) is 0 Å². The van der Waals surface area contributed by atoms with Crippen molar-refractivity contribution in [3.8, 4) is 0 Å². The molecule has 1 aromatic carbocycles. The standard InChI is InChI=1S/C15H23N5/c1-4-20(5-2)11-13-8-6-7-9-15(13)16-10-14-12-19(3)18-17-14/h6-9,12,16H,4-5,10-11H2,1-3H3. The highest BCUT2D eigenvalue weighted by atomic mass is 15.4. The van der Waals surface area contributed by atoms with Crippen LogP contribution in [-0.2, 0) is 20.1 Å². The van der Waals surface area contributed by atoms with Crippen LogP contribution >= 0.6 is 0 Å². The van der Waals surface area contributed by atoms with E-state index in [1.54, 1.807) is 4.68 Å². The van der Waals surface area contributed by atoms with Crippen LogP contribution in [-0.4, -0.2) is 33.0 Å². The summed E-state index contributed by atoms with van der Waals surface area (Å²) in [5, 5.41) is 11.5. The minimum absolute atomic E-state index is 0.698. The van der Waals surface area contributed by atoms with Gasteiger partial charge in [0.05, 0.1) is 6.54 Å². The molecule has 0 amide bonds. The molecule has 20 heavy (non-hydrogen) atoms. The topological polar surface area (TPSA) is 46.0 Å². The van der Waals surface area contributed by atoms with Gasteiger partial charge in [0.2, 0.25) is 0 Å². The van der Waals surface area contributed by atoms with E-state index in [1.807, 2.05) is 13.2 Å². The Morgan fingerprint density at radius 2 is 1.95 bits per heavy atom. The van der Waals surface area contributed by atoms with Crippen LogP contribution < -0.4 is 5.32 Å². The molecule has 0 spiro atoms. The van der Waals surface area contributed by atoms with Crippen molar-refractivity contribution in [3.63, 3.8) is 0 Å². The second-order valence-corrected chi connectivity index (χ2v) is 4.86. The van der Waals surface area contributed by atoms with Crippen molar-refractivity contribution in [2.45, 2.75) is 26.9 Å². The highest BCUT2D eigenvalue weighted by Crippen LogP contribution is 2.17. The van der Waals surface area contributed by atoms with Crippen LogP contribution in [0.1, 0.15) is 25.1 Å². The molecular weight excluding hydrogens is 250 g/mol. The summed E-state index contributed by atoms with van der Waals surface area (Å²) < 4.78 is 1.72. The largest absolute Gasteiger partial charge is 0.379 e. The summed E-state index contributed by atoms with van der Waals surface area (Å²) in [5.41, 5.74) is 3.44. The predicted molar refractivity (Wildman–Crippen MR) is 81.4 cm³/mol. The van der Waals surface area contributed by atoms with Crippen LogP contribution in [0.15, 0.2) is 30.5 Å². The Labute approximate surface area is 120 Å². The summed E-state index contributed by atoms with van der Waals surface area (Å²) in [6.45, 7) is 8.18. The quantitative estimate of drug-likeness (QED) is 0.840. The number of hydrogen-bond acceptors (Lipinski definition) is 4. The molecule has 0 radical (unpaired) electrons. The van der Waals surface area contributed by atoms with E-state index in [2.05, 4.69) is 58.6 Å². The Hall–Kier alpha value is -1.88. The van der Waals surface area contributed by atoms with Crippen molar-refractivity contribution in [3.05, 3.63) is 41.7 Å². The first-order chi connectivity index (χ1) is 9.72. The molecule has 2 aromatic rings. The first-order valence-corrected chi connectivity index (χ1v) is 7.12. The van der Waals surface area contributed by atoms with Crippen molar-refractivity contribution in [2.24, 2.45) is 7.05 Å². The smallest absolute Gasteiger partial charge is 0.102 e. The highest BCUT2D eigenvalue weighted by Gasteiger charge is 2.06. The van der Waals surface area contributed by atoms with Gasteiger partial charge in [0.25, 0.3) is 0 Å². The van der Waals surface area contributed by atoms with Crippen LogP contribution in [0, 0.1) is 0 Å². The van der Waals surface area contributed by atoms with Crippen molar-refractivity contribution in [1.82, 2.24) is 19.9 Å². The Morgan fingerprint density at radius 3 is 2.60 bits per heavy atom. The summed E-state index contributed by atoms with van der Waals surface area (Å²) in [6, 6.07) is 8.45. The van der Waals surface area contributed by atoms with Gasteiger partial charge in [0, 0.05) is 25.5 Å². The van der Waals surface area contributed by atoms with Crippen molar-refractivity contribution in [2.75, 3.05) is 18.4 Å². The van der Waals surface area contributed by atoms with Gasteiger partial charge in [-0.05, 0) is 24.7 Å². The molecule has 0 unspecified atom stereocenters. The molecule has 5 heteroatoms. The van der Waals surface area contributed by atoms with Crippen molar-refractivity contribution in [1.29, 1.82) is 0 Å². The number of rotatable bonds is 7. The Morgan fingerprint density at radius 1 is 1.20 bits per heavy atom. The predicted octanol–water partition coefficient (Wildman–Crippen LogP) is 2.27. The third-order valence-electron chi connectivity index (χ3n) is 3.42. The third-order valence-corrected chi connectivity index (χ3v) is 3.42. The van der Waals surface area contributed by atoms with Crippen LogP contribution in [0.2, 0.25) is 0 Å². The minimum Gasteiger partial charge on any atom is -0.379 e. The van der Waals surface area contributed by atoms with E-state index in [1.165, 1.54) is 11.3 Å². The van der Waals surface area contributed by atoms with Gasteiger partial charge in [0.15, 0.2) is 0 Å². The number of benzene rings is 1. The molecule has 1 N–H and O–H groups in total. The first kappa shape index (κ1) is 14.5.